The lowest BCUT2D eigenvalue weighted by Gasteiger charge is -2.28. The van der Waals surface area contributed by atoms with Crippen LogP contribution in [0, 0.1) is 0 Å². The van der Waals surface area contributed by atoms with Crippen LogP contribution in [0.15, 0.2) is 22.7 Å². The molecule has 1 aliphatic rings. The molecule has 0 unspecified atom stereocenters. The Bertz CT molecular complexity index is 476. The fourth-order valence-corrected chi connectivity index (χ4v) is 2.14. The van der Waals surface area contributed by atoms with Crippen molar-refractivity contribution >= 4 is 33.6 Å². The number of carbonyl (C=O) groups excluding carboxylic acids is 1. The third-order valence-electron chi connectivity index (χ3n) is 2.56. The zero-order chi connectivity index (χ0) is 12.4. The van der Waals surface area contributed by atoms with Gasteiger partial charge in [0.25, 0.3) is 0 Å². The van der Waals surface area contributed by atoms with Crippen LogP contribution < -0.4 is 10.2 Å². The summed E-state index contributed by atoms with van der Waals surface area (Å²) in [6.45, 7) is 1.17. The number of urea groups is 1. The van der Waals surface area contributed by atoms with Crippen molar-refractivity contribution in [3.8, 4) is 0 Å². The Morgan fingerprint density at radius 3 is 2.88 bits per heavy atom. The minimum Gasteiger partial charge on any atom is -0.478 e. The van der Waals surface area contributed by atoms with Crippen molar-refractivity contribution in [2.75, 3.05) is 18.0 Å². The van der Waals surface area contributed by atoms with E-state index in [-0.39, 0.29) is 11.6 Å². The highest BCUT2D eigenvalue weighted by Gasteiger charge is 2.23. The Hall–Kier alpha value is -1.56. The third-order valence-corrected chi connectivity index (χ3v) is 3.05. The molecule has 0 spiro atoms. The number of carboxylic acid groups (broad SMARTS) is 1. The number of anilines is 1. The molecule has 1 aromatic rings. The van der Waals surface area contributed by atoms with Gasteiger partial charge in [-0.3, -0.25) is 4.90 Å². The van der Waals surface area contributed by atoms with Crippen LogP contribution in [0.4, 0.5) is 10.5 Å². The first kappa shape index (κ1) is 11.9. The number of hydrogen-bond acceptors (Lipinski definition) is 2. The summed E-state index contributed by atoms with van der Waals surface area (Å²) in [6, 6.07) is 4.61. The fraction of sp³-hybridized carbons (Fsp3) is 0.273. The zero-order valence-corrected chi connectivity index (χ0v) is 10.5. The molecule has 5 nitrogen and oxygen atoms in total. The third kappa shape index (κ3) is 2.41. The average molecular weight is 299 g/mol. The molecule has 1 heterocycles. The molecule has 1 saturated heterocycles. The van der Waals surface area contributed by atoms with Gasteiger partial charge in [-0.25, -0.2) is 9.59 Å². The maximum absolute atomic E-state index is 11.7. The molecule has 0 saturated carbocycles. The summed E-state index contributed by atoms with van der Waals surface area (Å²) >= 11 is 3.22. The number of amides is 2. The predicted octanol–water partition coefficient (Wildman–Crippen LogP) is 2.07. The number of rotatable bonds is 2. The van der Waals surface area contributed by atoms with Gasteiger partial charge in [-0.1, -0.05) is 15.9 Å². The number of carbonyl (C=O) groups is 2. The number of benzene rings is 1. The van der Waals surface area contributed by atoms with Crippen LogP contribution in [0.25, 0.3) is 0 Å². The van der Waals surface area contributed by atoms with E-state index in [1.807, 2.05) is 0 Å². The highest BCUT2D eigenvalue weighted by molar-refractivity contribution is 9.10. The molecular formula is C11H11BrN2O3. The van der Waals surface area contributed by atoms with Gasteiger partial charge < -0.3 is 10.4 Å². The fourth-order valence-electron chi connectivity index (χ4n) is 1.77. The SMILES string of the molecule is O=C(O)c1cc(Br)ccc1N1CCCNC1=O. The molecule has 90 valence electrons. The number of halogens is 1. The van der Waals surface area contributed by atoms with Gasteiger partial charge in [-0.15, -0.1) is 0 Å². The van der Waals surface area contributed by atoms with Gasteiger partial charge in [0.1, 0.15) is 0 Å². The second-order valence-electron chi connectivity index (χ2n) is 3.70. The number of nitrogens with one attached hydrogen (secondary N) is 1. The number of hydrogen-bond donors (Lipinski definition) is 2. The molecule has 1 fully saturated rings. The van der Waals surface area contributed by atoms with Crippen LogP contribution in [0.2, 0.25) is 0 Å². The van der Waals surface area contributed by atoms with E-state index in [1.165, 1.54) is 11.0 Å². The lowest BCUT2D eigenvalue weighted by Crippen LogP contribution is -2.47. The largest absolute Gasteiger partial charge is 0.478 e. The Balaban J connectivity index is 2.43. The molecule has 1 aromatic carbocycles. The first-order chi connectivity index (χ1) is 8.09. The maximum Gasteiger partial charge on any atom is 0.337 e. The first-order valence-corrected chi connectivity index (χ1v) is 5.97. The van der Waals surface area contributed by atoms with Crippen molar-refractivity contribution in [2.45, 2.75) is 6.42 Å². The van der Waals surface area contributed by atoms with Crippen LogP contribution in [0.1, 0.15) is 16.8 Å². The van der Waals surface area contributed by atoms with Crippen LogP contribution in [0.5, 0.6) is 0 Å². The summed E-state index contributed by atoms with van der Waals surface area (Å²) in [7, 11) is 0. The summed E-state index contributed by atoms with van der Waals surface area (Å²) < 4.78 is 0.677. The Morgan fingerprint density at radius 1 is 1.47 bits per heavy atom. The Labute approximate surface area is 107 Å². The average Bonchev–Trinajstić information content (AvgIpc) is 2.30. The van der Waals surface area contributed by atoms with Gasteiger partial charge in [0.15, 0.2) is 0 Å². The lowest BCUT2D eigenvalue weighted by atomic mass is 10.1. The Kier molecular flexibility index (Phi) is 3.33. The number of aromatic carboxylic acids is 1. The van der Waals surface area contributed by atoms with E-state index in [0.29, 0.717) is 23.2 Å². The molecule has 0 aromatic heterocycles. The molecule has 6 heteroatoms. The van der Waals surface area contributed by atoms with Crippen LogP contribution in [-0.2, 0) is 0 Å². The lowest BCUT2D eigenvalue weighted by molar-refractivity contribution is 0.0697. The standard InChI is InChI=1S/C11H11BrN2O3/c12-7-2-3-9(8(6-7)10(15)16)14-5-1-4-13-11(14)17/h2-3,6H,1,4-5H2,(H,13,17)(H,15,16). The molecular weight excluding hydrogens is 288 g/mol. The summed E-state index contributed by atoms with van der Waals surface area (Å²) in [4.78, 5) is 24.3. The molecule has 17 heavy (non-hydrogen) atoms. The first-order valence-electron chi connectivity index (χ1n) is 5.18. The van der Waals surface area contributed by atoms with Gasteiger partial charge in [-0.2, -0.15) is 0 Å². The highest BCUT2D eigenvalue weighted by atomic mass is 79.9. The predicted molar refractivity (Wildman–Crippen MR) is 66.5 cm³/mol. The normalized spacial score (nSPS) is 15.6. The van der Waals surface area contributed by atoms with E-state index in [0.717, 1.165) is 6.42 Å². The van der Waals surface area contributed by atoms with E-state index < -0.39 is 5.97 Å². The van der Waals surface area contributed by atoms with Gasteiger partial charge in [0.2, 0.25) is 0 Å². The quantitative estimate of drug-likeness (QED) is 0.878. The van der Waals surface area contributed by atoms with Crippen LogP contribution in [-0.4, -0.2) is 30.2 Å². The second kappa shape index (κ2) is 4.75. The summed E-state index contributed by atoms with van der Waals surface area (Å²) in [5.74, 6) is -1.04. The van der Waals surface area contributed by atoms with E-state index in [4.69, 9.17) is 5.11 Å². The van der Waals surface area contributed by atoms with Gasteiger partial charge in [0, 0.05) is 17.6 Å². The molecule has 0 bridgehead atoms. The number of nitrogens with zero attached hydrogens (tertiary/aromatic N) is 1. The molecule has 2 amide bonds. The molecule has 2 N–H and O–H groups in total. The summed E-state index contributed by atoms with van der Waals surface area (Å²) in [6.07, 6.45) is 0.806. The summed E-state index contributed by atoms with van der Waals surface area (Å²) in [5, 5.41) is 11.8. The van der Waals surface area contributed by atoms with Crippen molar-refractivity contribution in [1.82, 2.24) is 5.32 Å². The molecule has 0 aliphatic carbocycles. The number of carboxylic acids is 1. The molecule has 0 radical (unpaired) electrons. The smallest absolute Gasteiger partial charge is 0.337 e. The van der Waals surface area contributed by atoms with E-state index >= 15 is 0 Å². The topological polar surface area (TPSA) is 69.6 Å². The van der Waals surface area contributed by atoms with Crippen LogP contribution in [0.3, 0.4) is 0 Å². The molecule has 0 atom stereocenters. The highest BCUT2D eigenvalue weighted by Crippen LogP contribution is 2.25. The minimum atomic E-state index is -1.04. The zero-order valence-electron chi connectivity index (χ0n) is 8.94. The van der Waals surface area contributed by atoms with Gasteiger partial charge in [-0.05, 0) is 24.6 Å². The van der Waals surface area contributed by atoms with Crippen molar-refractivity contribution in [3.05, 3.63) is 28.2 Å². The van der Waals surface area contributed by atoms with Gasteiger partial charge >= 0.3 is 12.0 Å². The summed E-state index contributed by atoms with van der Waals surface area (Å²) in [5.41, 5.74) is 0.550. The van der Waals surface area contributed by atoms with Crippen molar-refractivity contribution in [3.63, 3.8) is 0 Å². The van der Waals surface area contributed by atoms with Crippen LogP contribution >= 0.6 is 15.9 Å². The molecule has 2 rings (SSSR count). The van der Waals surface area contributed by atoms with E-state index in [1.54, 1.807) is 12.1 Å². The minimum absolute atomic E-state index is 0.122. The van der Waals surface area contributed by atoms with E-state index in [2.05, 4.69) is 21.2 Å². The second-order valence-corrected chi connectivity index (χ2v) is 4.62. The van der Waals surface area contributed by atoms with Crippen molar-refractivity contribution in [2.24, 2.45) is 0 Å². The van der Waals surface area contributed by atoms with Crippen molar-refractivity contribution in [1.29, 1.82) is 0 Å². The van der Waals surface area contributed by atoms with Crippen molar-refractivity contribution < 1.29 is 14.7 Å². The van der Waals surface area contributed by atoms with E-state index in [9.17, 15) is 9.59 Å². The molecule has 1 aliphatic heterocycles. The van der Waals surface area contributed by atoms with Gasteiger partial charge in [0.05, 0.1) is 11.3 Å². The maximum atomic E-state index is 11.7. The monoisotopic (exact) mass is 298 g/mol. The Morgan fingerprint density at radius 2 is 2.24 bits per heavy atom.